The molecule has 0 bridgehead atoms. The predicted octanol–water partition coefficient (Wildman–Crippen LogP) is 1.50. The predicted molar refractivity (Wildman–Crippen MR) is 65.5 cm³/mol. The van der Waals surface area contributed by atoms with E-state index in [1.54, 1.807) is 0 Å². The van der Waals surface area contributed by atoms with Gasteiger partial charge in [-0.1, -0.05) is 23.7 Å². The van der Waals surface area contributed by atoms with Gasteiger partial charge in [-0.3, -0.25) is 4.90 Å². The van der Waals surface area contributed by atoms with E-state index in [0.717, 1.165) is 31.3 Å². The molecule has 3 nitrogen and oxygen atoms in total. The molecule has 1 heterocycles. The lowest BCUT2D eigenvalue weighted by atomic mass is 10.2. The van der Waals surface area contributed by atoms with E-state index in [0.29, 0.717) is 6.54 Å². The van der Waals surface area contributed by atoms with Crippen LogP contribution in [0.1, 0.15) is 5.56 Å². The number of ether oxygens (including phenoxy) is 1. The molecule has 16 heavy (non-hydrogen) atoms. The molecule has 1 atom stereocenters. The fraction of sp³-hybridized carbons (Fsp3) is 0.500. The number of halogens is 1. The van der Waals surface area contributed by atoms with Gasteiger partial charge in [-0.25, -0.2) is 0 Å². The molecular weight excluding hydrogens is 224 g/mol. The second-order valence-electron chi connectivity index (χ2n) is 4.09. The second kappa shape index (κ2) is 5.64. The molecule has 4 heteroatoms. The molecule has 0 aliphatic carbocycles. The van der Waals surface area contributed by atoms with Crippen molar-refractivity contribution in [3.63, 3.8) is 0 Å². The minimum absolute atomic E-state index is 0.174. The molecule has 0 radical (unpaired) electrons. The maximum Gasteiger partial charge on any atom is 0.0824 e. The lowest BCUT2D eigenvalue weighted by Gasteiger charge is -2.32. The number of hydrogen-bond donors (Lipinski definition) is 1. The van der Waals surface area contributed by atoms with Gasteiger partial charge >= 0.3 is 0 Å². The molecule has 1 aromatic carbocycles. The van der Waals surface area contributed by atoms with Gasteiger partial charge in [0, 0.05) is 31.2 Å². The lowest BCUT2D eigenvalue weighted by molar-refractivity contribution is -0.0260. The molecule has 1 saturated heterocycles. The quantitative estimate of drug-likeness (QED) is 0.870. The van der Waals surface area contributed by atoms with E-state index >= 15 is 0 Å². The summed E-state index contributed by atoms with van der Waals surface area (Å²) in [6.07, 6.45) is 0.174. The van der Waals surface area contributed by atoms with Crippen molar-refractivity contribution in [3.8, 4) is 0 Å². The largest absolute Gasteiger partial charge is 0.374 e. The Balaban J connectivity index is 1.94. The molecule has 88 valence electrons. The smallest absolute Gasteiger partial charge is 0.0824 e. The molecule has 2 N–H and O–H groups in total. The number of rotatable bonds is 3. The van der Waals surface area contributed by atoms with E-state index in [-0.39, 0.29) is 6.10 Å². The van der Waals surface area contributed by atoms with E-state index in [1.807, 2.05) is 18.2 Å². The fourth-order valence-electron chi connectivity index (χ4n) is 1.96. The molecule has 0 amide bonds. The second-order valence-corrected chi connectivity index (χ2v) is 4.53. The van der Waals surface area contributed by atoms with Crippen molar-refractivity contribution >= 4 is 11.6 Å². The molecule has 2 rings (SSSR count). The van der Waals surface area contributed by atoms with Crippen LogP contribution in [0.4, 0.5) is 0 Å². The topological polar surface area (TPSA) is 38.5 Å². The van der Waals surface area contributed by atoms with E-state index < -0.39 is 0 Å². The summed E-state index contributed by atoms with van der Waals surface area (Å²) in [7, 11) is 0. The normalized spacial score (nSPS) is 22.2. The molecular formula is C12H17ClN2O. The van der Waals surface area contributed by atoms with Crippen LogP contribution in [-0.2, 0) is 11.3 Å². The van der Waals surface area contributed by atoms with Gasteiger partial charge < -0.3 is 10.5 Å². The highest BCUT2D eigenvalue weighted by molar-refractivity contribution is 6.30. The van der Waals surface area contributed by atoms with Crippen molar-refractivity contribution in [1.82, 2.24) is 4.90 Å². The van der Waals surface area contributed by atoms with Gasteiger partial charge in [0.1, 0.15) is 0 Å². The van der Waals surface area contributed by atoms with E-state index in [9.17, 15) is 0 Å². The van der Waals surface area contributed by atoms with E-state index in [4.69, 9.17) is 22.1 Å². The Kier molecular flexibility index (Phi) is 4.18. The molecule has 1 fully saturated rings. The number of hydrogen-bond acceptors (Lipinski definition) is 3. The van der Waals surface area contributed by atoms with Crippen molar-refractivity contribution in [1.29, 1.82) is 0 Å². The van der Waals surface area contributed by atoms with Crippen LogP contribution in [0.25, 0.3) is 0 Å². The zero-order chi connectivity index (χ0) is 11.4. The Morgan fingerprint density at radius 2 is 2.38 bits per heavy atom. The van der Waals surface area contributed by atoms with Crippen LogP contribution in [0.5, 0.6) is 0 Å². The van der Waals surface area contributed by atoms with Gasteiger partial charge in [-0.2, -0.15) is 0 Å². The summed E-state index contributed by atoms with van der Waals surface area (Å²) in [6, 6.07) is 7.98. The summed E-state index contributed by atoms with van der Waals surface area (Å²) in [5, 5.41) is 0.793. The molecule has 0 spiro atoms. The maximum atomic E-state index is 5.96. The van der Waals surface area contributed by atoms with Gasteiger partial charge in [0.15, 0.2) is 0 Å². The Labute approximate surface area is 101 Å². The van der Waals surface area contributed by atoms with E-state index in [1.165, 1.54) is 5.56 Å². The van der Waals surface area contributed by atoms with Gasteiger partial charge in [0.2, 0.25) is 0 Å². The molecule has 0 aromatic heterocycles. The van der Waals surface area contributed by atoms with Crippen LogP contribution >= 0.6 is 11.6 Å². The molecule has 1 aromatic rings. The first kappa shape index (κ1) is 11.9. The third kappa shape index (κ3) is 3.19. The summed E-state index contributed by atoms with van der Waals surface area (Å²) in [4.78, 5) is 2.35. The Bertz CT molecular complexity index is 346. The van der Waals surface area contributed by atoms with Crippen LogP contribution in [0.3, 0.4) is 0 Å². The van der Waals surface area contributed by atoms with Gasteiger partial charge in [0.05, 0.1) is 12.7 Å². The standard InChI is InChI=1S/C12H17ClN2O/c13-11-3-1-2-10(6-11)8-15-4-5-16-12(7-14)9-15/h1-3,6,12H,4-5,7-9,14H2. The average Bonchev–Trinajstić information content (AvgIpc) is 2.29. The summed E-state index contributed by atoms with van der Waals surface area (Å²) >= 11 is 5.96. The number of nitrogens with zero attached hydrogens (tertiary/aromatic N) is 1. The Hall–Kier alpha value is -0.610. The first-order valence-corrected chi connectivity index (χ1v) is 5.94. The zero-order valence-electron chi connectivity index (χ0n) is 9.23. The van der Waals surface area contributed by atoms with Crippen LogP contribution in [0.15, 0.2) is 24.3 Å². The highest BCUT2D eigenvalue weighted by Gasteiger charge is 2.18. The van der Waals surface area contributed by atoms with Crippen molar-refractivity contribution in [3.05, 3.63) is 34.9 Å². The summed E-state index contributed by atoms with van der Waals surface area (Å²) in [5.74, 6) is 0. The molecule has 1 unspecified atom stereocenters. The minimum Gasteiger partial charge on any atom is -0.374 e. The zero-order valence-corrected chi connectivity index (χ0v) is 9.99. The number of morpholine rings is 1. The van der Waals surface area contributed by atoms with Crippen molar-refractivity contribution in [2.75, 3.05) is 26.2 Å². The van der Waals surface area contributed by atoms with Gasteiger partial charge in [0.25, 0.3) is 0 Å². The first-order valence-electron chi connectivity index (χ1n) is 5.56. The van der Waals surface area contributed by atoms with Gasteiger partial charge in [-0.05, 0) is 17.7 Å². The third-order valence-electron chi connectivity index (χ3n) is 2.78. The van der Waals surface area contributed by atoms with Crippen LogP contribution in [-0.4, -0.2) is 37.2 Å². The van der Waals surface area contributed by atoms with Crippen LogP contribution in [0, 0.1) is 0 Å². The molecule has 1 aliphatic rings. The maximum absolute atomic E-state index is 5.96. The van der Waals surface area contributed by atoms with Crippen LogP contribution in [0.2, 0.25) is 5.02 Å². The first-order chi connectivity index (χ1) is 7.78. The average molecular weight is 241 g/mol. The van der Waals surface area contributed by atoms with Crippen molar-refractivity contribution in [2.45, 2.75) is 12.6 Å². The lowest BCUT2D eigenvalue weighted by Crippen LogP contribution is -2.45. The Morgan fingerprint density at radius 1 is 1.50 bits per heavy atom. The van der Waals surface area contributed by atoms with Crippen molar-refractivity contribution < 1.29 is 4.74 Å². The van der Waals surface area contributed by atoms with Crippen LogP contribution < -0.4 is 5.73 Å². The highest BCUT2D eigenvalue weighted by Crippen LogP contribution is 2.14. The van der Waals surface area contributed by atoms with Crippen molar-refractivity contribution in [2.24, 2.45) is 5.73 Å². The van der Waals surface area contributed by atoms with E-state index in [2.05, 4.69) is 11.0 Å². The molecule has 1 aliphatic heterocycles. The Morgan fingerprint density at radius 3 is 3.12 bits per heavy atom. The third-order valence-corrected chi connectivity index (χ3v) is 3.02. The highest BCUT2D eigenvalue weighted by atomic mass is 35.5. The monoisotopic (exact) mass is 240 g/mol. The minimum atomic E-state index is 0.174. The summed E-state index contributed by atoms with van der Waals surface area (Å²) < 4.78 is 5.53. The SMILES string of the molecule is NCC1CN(Cc2cccc(Cl)c2)CCO1. The fourth-order valence-corrected chi connectivity index (χ4v) is 2.17. The summed E-state index contributed by atoms with van der Waals surface area (Å²) in [5.41, 5.74) is 6.85. The number of nitrogens with two attached hydrogens (primary N) is 1. The molecule has 0 saturated carbocycles. The number of benzene rings is 1. The van der Waals surface area contributed by atoms with Gasteiger partial charge in [-0.15, -0.1) is 0 Å². The summed E-state index contributed by atoms with van der Waals surface area (Å²) in [6.45, 7) is 4.14.